The summed E-state index contributed by atoms with van der Waals surface area (Å²) in [6.45, 7) is 6.62. The third kappa shape index (κ3) is 5.30. The molecule has 1 heterocycles. The molecule has 0 atom stereocenters. The van der Waals surface area contributed by atoms with Crippen molar-refractivity contribution in [1.29, 1.82) is 0 Å². The molecule has 1 aliphatic heterocycles. The van der Waals surface area contributed by atoms with E-state index in [9.17, 15) is 13.2 Å². The average Bonchev–Trinajstić information content (AvgIpc) is 2.51. The minimum atomic E-state index is -3.33. The van der Waals surface area contributed by atoms with Gasteiger partial charge in [-0.05, 0) is 37.6 Å². The molecular weight excluding hydrogens is 316 g/mol. The van der Waals surface area contributed by atoms with E-state index in [-0.39, 0.29) is 10.8 Å². The molecule has 7 heteroatoms. The Morgan fingerprint density at radius 2 is 2.00 bits per heavy atom. The SMILES string of the molecule is Cc1ccc(C(=O)NCCCN2CCOCC2)cc1S(C)(=O)=O. The number of carbonyl (C=O) groups excluding carboxylic acids is 1. The molecule has 6 nitrogen and oxygen atoms in total. The normalized spacial score (nSPS) is 16.3. The van der Waals surface area contributed by atoms with Crippen LogP contribution in [-0.2, 0) is 14.6 Å². The van der Waals surface area contributed by atoms with Gasteiger partial charge in [0.15, 0.2) is 9.84 Å². The van der Waals surface area contributed by atoms with Gasteiger partial charge in [0.05, 0.1) is 18.1 Å². The van der Waals surface area contributed by atoms with Crippen molar-refractivity contribution in [1.82, 2.24) is 10.2 Å². The van der Waals surface area contributed by atoms with Crippen LogP contribution >= 0.6 is 0 Å². The fourth-order valence-corrected chi connectivity index (χ4v) is 3.57. The highest BCUT2D eigenvalue weighted by Crippen LogP contribution is 2.16. The standard InChI is InChI=1S/C16H24N2O4S/c1-13-4-5-14(12-15(13)23(2,20)21)16(19)17-6-3-7-18-8-10-22-11-9-18/h4-5,12H,3,6-11H2,1-2H3,(H,17,19). The number of hydrogen-bond acceptors (Lipinski definition) is 5. The molecule has 0 bridgehead atoms. The highest BCUT2D eigenvalue weighted by molar-refractivity contribution is 7.90. The van der Waals surface area contributed by atoms with E-state index in [4.69, 9.17) is 4.74 Å². The molecule has 0 aliphatic carbocycles. The van der Waals surface area contributed by atoms with Gasteiger partial charge in [-0.3, -0.25) is 9.69 Å². The van der Waals surface area contributed by atoms with Crippen LogP contribution in [0.3, 0.4) is 0 Å². The molecule has 1 saturated heterocycles. The van der Waals surface area contributed by atoms with Gasteiger partial charge in [-0.25, -0.2) is 8.42 Å². The van der Waals surface area contributed by atoms with Gasteiger partial charge < -0.3 is 10.1 Å². The predicted molar refractivity (Wildman–Crippen MR) is 88.5 cm³/mol. The molecule has 1 aliphatic rings. The minimum absolute atomic E-state index is 0.207. The molecule has 0 unspecified atom stereocenters. The van der Waals surface area contributed by atoms with Gasteiger partial charge >= 0.3 is 0 Å². The molecule has 0 saturated carbocycles. The van der Waals surface area contributed by atoms with E-state index in [1.807, 2.05) is 0 Å². The Hall–Kier alpha value is -1.44. The van der Waals surface area contributed by atoms with Gasteiger partial charge in [-0.15, -0.1) is 0 Å². The highest BCUT2D eigenvalue weighted by atomic mass is 32.2. The topological polar surface area (TPSA) is 75.7 Å². The Labute approximate surface area is 137 Å². The molecule has 1 aromatic carbocycles. The van der Waals surface area contributed by atoms with Crippen LogP contribution < -0.4 is 5.32 Å². The van der Waals surface area contributed by atoms with Crippen LogP contribution in [-0.4, -0.2) is 64.9 Å². The maximum Gasteiger partial charge on any atom is 0.251 e. The first-order valence-electron chi connectivity index (χ1n) is 7.77. The molecular formula is C16H24N2O4S. The third-order valence-corrected chi connectivity index (χ3v) is 5.13. The monoisotopic (exact) mass is 340 g/mol. The zero-order valence-electron chi connectivity index (χ0n) is 13.7. The van der Waals surface area contributed by atoms with Gasteiger partial charge in [0.2, 0.25) is 0 Å². The Morgan fingerprint density at radius 1 is 1.30 bits per heavy atom. The first-order chi connectivity index (χ1) is 10.9. The van der Waals surface area contributed by atoms with Crippen molar-refractivity contribution >= 4 is 15.7 Å². The zero-order valence-corrected chi connectivity index (χ0v) is 14.5. The number of nitrogens with zero attached hydrogens (tertiary/aromatic N) is 1. The van der Waals surface area contributed by atoms with Gasteiger partial charge in [0.25, 0.3) is 5.91 Å². The largest absolute Gasteiger partial charge is 0.379 e. The number of ether oxygens (including phenoxy) is 1. The molecule has 0 spiro atoms. The summed E-state index contributed by atoms with van der Waals surface area (Å²) in [5.74, 6) is -0.239. The molecule has 1 fully saturated rings. The summed E-state index contributed by atoms with van der Waals surface area (Å²) < 4.78 is 28.7. The molecule has 1 aromatic rings. The number of benzene rings is 1. The lowest BCUT2D eigenvalue weighted by Gasteiger charge is -2.26. The maximum absolute atomic E-state index is 12.1. The van der Waals surface area contributed by atoms with Crippen LogP contribution in [0.2, 0.25) is 0 Å². The summed E-state index contributed by atoms with van der Waals surface area (Å²) in [4.78, 5) is 14.7. The Bertz CT molecular complexity index is 652. The number of amides is 1. The molecule has 0 aromatic heterocycles. The van der Waals surface area contributed by atoms with Crippen LogP contribution in [0.25, 0.3) is 0 Å². The number of morpholine rings is 1. The van der Waals surface area contributed by atoms with Crippen molar-refractivity contribution in [2.45, 2.75) is 18.2 Å². The Morgan fingerprint density at radius 3 is 2.65 bits per heavy atom. The van der Waals surface area contributed by atoms with Crippen molar-refractivity contribution < 1.29 is 17.9 Å². The van der Waals surface area contributed by atoms with Gasteiger partial charge in [0.1, 0.15) is 0 Å². The minimum Gasteiger partial charge on any atom is -0.379 e. The molecule has 23 heavy (non-hydrogen) atoms. The second-order valence-corrected chi connectivity index (χ2v) is 7.80. The smallest absolute Gasteiger partial charge is 0.251 e. The lowest BCUT2D eigenvalue weighted by Crippen LogP contribution is -2.38. The van der Waals surface area contributed by atoms with Gasteiger partial charge in [-0.2, -0.15) is 0 Å². The first-order valence-corrected chi connectivity index (χ1v) is 9.66. The fraction of sp³-hybridized carbons (Fsp3) is 0.562. The summed E-state index contributed by atoms with van der Waals surface area (Å²) in [6.07, 6.45) is 2.01. The Balaban J connectivity index is 1.86. The summed E-state index contributed by atoms with van der Waals surface area (Å²) in [6, 6.07) is 4.77. The van der Waals surface area contributed by atoms with Gasteiger partial charge in [-0.1, -0.05) is 6.07 Å². The number of hydrogen-bond donors (Lipinski definition) is 1. The zero-order chi connectivity index (χ0) is 16.9. The fourth-order valence-electron chi connectivity index (χ4n) is 2.57. The Kier molecular flexibility index (Phi) is 6.15. The summed E-state index contributed by atoms with van der Waals surface area (Å²) in [7, 11) is -3.33. The number of sulfone groups is 1. The average molecular weight is 340 g/mol. The number of nitrogens with one attached hydrogen (secondary N) is 1. The number of rotatable bonds is 6. The van der Waals surface area contributed by atoms with Crippen molar-refractivity contribution in [2.75, 3.05) is 45.6 Å². The summed E-state index contributed by atoms with van der Waals surface area (Å²) >= 11 is 0. The van der Waals surface area contributed by atoms with Crippen LogP contribution in [0.15, 0.2) is 23.1 Å². The predicted octanol–water partition coefficient (Wildman–Crippen LogP) is 0.851. The number of aryl methyl sites for hydroxylation is 1. The lowest BCUT2D eigenvalue weighted by atomic mass is 10.1. The lowest BCUT2D eigenvalue weighted by molar-refractivity contribution is 0.0374. The molecule has 2 rings (SSSR count). The van der Waals surface area contributed by atoms with E-state index in [1.165, 1.54) is 6.07 Å². The quantitative estimate of drug-likeness (QED) is 0.777. The second kappa shape index (κ2) is 7.90. The first kappa shape index (κ1) is 17.9. The van der Waals surface area contributed by atoms with E-state index < -0.39 is 9.84 Å². The number of carbonyl (C=O) groups is 1. The maximum atomic E-state index is 12.1. The van der Waals surface area contributed by atoms with E-state index in [0.29, 0.717) is 17.7 Å². The van der Waals surface area contributed by atoms with Crippen LogP contribution in [0.1, 0.15) is 22.3 Å². The van der Waals surface area contributed by atoms with Crippen LogP contribution in [0.4, 0.5) is 0 Å². The molecule has 1 N–H and O–H groups in total. The van der Waals surface area contributed by atoms with Crippen LogP contribution in [0, 0.1) is 6.92 Å². The second-order valence-electron chi connectivity index (χ2n) is 5.82. The summed E-state index contributed by atoms with van der Waals surface area (Å²) in [5, 5.41) is 2.84. The molecule has 128 valence electrons. The molecule has 1 amide bonds. The van der Waals surface area contributed by atoms with Gasteiger partial charge in [0, 0.05) is 31.5 Å². The van der Waals surface area contributed by atoms with Crippen LogP contribution in [0.5, 0.6) is 0 Å². The third-order valence-electron chi connectivity index (χ3n) is 3.89. The van der Waals surface area contributed by atoms with E-state index in [2.05, 4.69) is 10.2 Å². The van der Waals surface area contributed by atoms with E-state index in [0.717, 1.165) is 45.5 Å². The van der Waals surface area contributed by atoms with Crippen molar-refractivity contribution in [3.63, 3.8) is 0 Å². The van der Waals surface area contributed by atoms with Crippen molar-refractivity contribution in [3.05, 3.63) is 29.3 Å². The van der Waals surface area contributed by atoms with E-state index >= 15 is 0 Å². The van der Waals surface area contributed by atoms with Crippen molar-refractivity contribution in [3.8, 4) is 0 Å². The van der Waals surface area contributed by atoms with Crippen molar-refractivity contribution in [2.24, 2.45) is 0 Å². The highest BCUT2D eigenvalue weighted by Gasteiger charge is 2.15. The summed E-state index contributed by atoms with van der Waals surface area (Å²) in [5.41, 5.74) is 1.03. The van der Waals surface area contributed by atoms with E-state index in [1.54, 1.807) is 19.1 Å². The molecule has 0 radical (unpaired) electrons.